The molecule has 3 heterocycles. The highest BCUT2D eigenvalue weighted by Gasteiger charge is 2.49. The van der Waals surface area contributed by atoms with Crippen molar-refractivity contribution in [3.05, 3.63) is 101 Å². The second-order valence-corrected chi connectivity index (χ2v) is 10.9. The fourth-order valence-corrected chi connectivity index (χ4v) is 6.43. The Balaban J connectivity index is 1.33. The number of methoxy groups -OCH3 is 1. The Morgan fingerprint density at radius 1 is 1.05 bits per heavy atom. The van der Waals surface area contributed by atoms with Crippen LogP contribution in [0.1, 0.15) is 40.2 Å². The van der Waals surface area contributed by atoms with E-state index in [2.05, 4.69) is 21.3 Å². The maximum Gasteiger partial charge on any atom is 0.174 e. The van der Waals surface area contributed by atoms with E-state index in [1.54, 1.807) is 30.0 Å². The fourth-order valence-electron chi connectivity index (χ4n) is 5.81. The molecule has 3 aromatic carbocycles. The third-order valence-corrected chi connectivity index (χ3v) is 8.61. The number of nitrogens with zero attached hydrogens (tertiary/aromatic N) is 2. The van der Waals surface area contributed by atoms with Gasteiger partial charge in [-0.05, 0) is 65.9 Å². The standard InChI is InChI=1S/C30H27F2N3O2S/c1-37-22-6-3-20(4-7-22)28-29(36)23-8-5-21(27-16-33-18-38-27)15-26(23)34-30(28)10-12-35(13-11-30)17-19-2-9-24(31)25(32)14-19/h2-9,14-16,18,28,34H,10-13,17H2,1H3. The first-order valence-electron chi connectivity index (χ1n) is 12.6. The van der Waals surface area contributed by atoms with Crippen LogP contribution in [0.2, 0.25) is 0 Å². The third-order valence-electron chi connectivity index (χ3n) is 7.79. The molecule has 1 spiro atoms. The molecule has 1 atom stereocenters. The number of Topliss-reactive ketones (excluding diaryl/α,β-unsaturated/α-hetero) is 1. The quantitative estimate of drug-likeness (QED) is 0.318. The summed E-state index contributed by atoms with van der Waals surface area (Å²) in [6, 6.07) is 17.8. The van der Waals surface area contributed by atoms with E-state index in [1.165, 1.54) is 12.1 Å². The molecule has 1 fully saturated rings. The van der Waals surface area contributed by atoms with E-state index < -0.39 is 17.2 Å². The van der Waals surface area contributed by atoms with Gasteiger partial charge < -0.3 is 10.1 Å². The number of rotatable bonds is 5. The van der Waals surface area contributed by atoms with Gasteiger partial charge in [-0.15, -0.1) is 11.3 Å². The molecule has 194 valence electrons. The molecule has 2 aliphatic heterocycles. The van der Waals surface area contributed by atoms with E-state index in [1.807, 2.05) is 42.6 Å². The number of thiazole rings is 1. The number of nitrogens with one attached hydrogen (secondary N) is 1. The third kappa shape index (κ3) is 4.48. The predicted octanol–water partition coefficient (Wildman–Crippen LogP) is 6.52. The van der Waals surface area contributed by atoms with Gasteiger partial charge in [0.1, 0.15) is 5.75 Å². The molecule has 1 aromatic heterocycles. The highest BCUT2D eigenvalue weighted by molar-refractivity contribution is 7.13. The van der Waals surface area contributed by atoms with Gasteiger partial charge in [0.2, 0.25) is 0 Å². The Bertz CT molecular complexity index is 1470. The predicted molar refractivity (Wildman–Crippen MR) is 145 cm³/mol. The highest BCUT2D eigenvalue weighted by atomic mass is 32.1. The van der Waals surface area contributed by atoms with Gasteiger partial charge in [0.15, 0.2) is 17.4 Å². The van der Waals surface area contributed by atoms with Gasteiger partial charge in [0.05, 0.1) is 29.0 Å². The van der Waals surface area contributed by atoms with Crippen LogP contribution in [0, 0.1) is 11.6 Å². The van der Waals surface area contributed by atoms with Crippen LogP contribution < -0.4 is 10.1 Å². The van der Waals surface area contributed by atoms with Crippen molar-refractivity contribution in [3.63, 3.8) is 0 Å². The van der Waals surface area contributed by atoms with Gasteiger partial charge in [0, 0.05) is 37.1 Å². The van der Waals surface area contributed by atoms with Gasteiger partial charge in [-0.3, -0.25) is 14.7 Å². The number of piperidine rings is 1. The zero-order valence-corrected chi connectivity index (χ0v) is 21.7. The molecule has 0 amide bonds. The lowest BCUT2D eigenvalue weighted by Crippen LogP contribution is -2.56. The Labute approximate surface area is 224 Å². The summed E-state index contributed by atoms with van der Waals surface area (Å²) in [6.45, 7) is 1.96. The summed E-state index contributed by atoms with van der Waals surface area (Å²) in [5.74, 6) is -1.18. The number of aromatic nitrogens is 1. The maximum atomic E-state index is 14.1. The van der Waals surface area contributed by atoms with Crippen molar-refractivity contribution in [1.82, 2.24) is 9.88 Å². The molecule has 0 saturated carbocycles. The van der Waals surface area contributed by atoms with Crippen LogP contribution in [0.3, 0.4) is 0 Å². The average Bonchev–Trinajstić information content (AvgIpc) is 3.48. The number of anilines is 1. The molecular weight excluding hydrogens is 504 g/mol. The Morgan fingerprint density at radius 3 is 2.53 bits per heavy atom. The number of hydrogen-bond acceptors (Lipinski definition) is 6. The summed E-state index contributed by atoms with van der Waals surface area (Å²) in [6.07, 6.45) is 3.29. The lowest BCUT2D eigenvalue weighted by Gasteiger charge is -2.50. The smallest absolute Gasteiger partial charge is 0.174 e. The number of fused-ring (bicyclic) bond motifs is 1. The fraction of sp³-hybridized carbons (Fsp3) is 0.267. The largest absolute Gasteiger partial charge is 0.497 e. The van der Waals surface area contributed by atoms with Crippen molar-refractivity contribution in [3.8, 4) is 16.2 Å². The second kappa shape index (κ2) is 9.93. The number of carbonyl (C=O) groups excluding carboxylic acids is 1. The number of likely N-dealkylation sites (tertiary alicyclic amines) is 1. The summed E-state index contributed by atoms with van der Waals surface area (Å²) in [7, 11) is 1.63. The number of halogens is 2. The average molecular weight is 532 g/mol. The van der Waals surface area contributed by atoms with Crippen molar-refractivity contribution in [1.29, 1.82) is 0 Å². The minimum absolute atomic E-state index is 0.105. The first-order chi connectivity index (χ1) is 18.5. The minimum Gasteiger partial charge on any atom is -0.497 e. The van der Waals surface area contributed by atoms with E-state index in [4.69, 9.17) is 4.74 Å². The number of ether oxygens (including phenoxy) is 1. The summed E-state index contributed by atoms with van der Waals surface area (Å²) < 4.78 is 32.5. The maximum absolute atomic E-state index is 14.1. The number of hydrogen-bond donors (Lipinski definition) is 1. The molecule has 0 aliphatic carbocycles. The molecule has 1 unspecified atom stereocenters. The zero-order valence-electron chi connectivity index (χ0n) is 20.9. The molecule has 5 nitrogen and oxygen atoms in total. The van der Waals surface area contributed by atoms with Crippen LogP contribution in [-0.4, -0.2) is 41.4 Å². The molecule has 2 aliphatic rings. The molecule has 1 saturated heterocycles. The highest BCUT2D eigenvalue weighted by Crippen LogP contribution is 2.47. The monoisotopic (exact) mass is 531 g/mol. The van der Waals surface area contributed by atoms with Crippen LogP contribution in [-0.2, 0) is 6.54 Å². The van der Waals surface area contributed by atoms with Crippen LogP contribution >= 0.6 is 11.3 Å². The second-order valence-electron chi connectivity index (χ2n) is 10.0. The Morgan fingerprint density at radius 2 is 1.84 bits per heavy atom. The summed E-state index contributed by atoms with van der Waals surface area (Å²) >= 11 is 1.57. The Hall–Kier alpha value is -3.62. The Kier molecular flexibility index (Phi) is 6.45. The van der Waals surface area contributed by atoms with Crippen molar-refractivity contribution in [2.75, 3.05) is 25.5 Å². The number of benzene rings is 3. The molecule has 0 bridgehead atoms. The summed E-state index contributed by atoms with van der Waals surface area (Å²) in [5, 5.41) is 3.82. The van der Waals surface area contributed by atoms with Crippen LogP contribution in [0.5, 0.6) is 5.75 Å². The molecular formula is C30H27F2N3O2S. The van der Waals surface area contributed by atoms with E-state index in [9.17, 15) is 13.6 Å². The van der Waals surface area contributed by atoms with E-state index in [0.717, 1.165) is 58.9 Å². The van der Waals surface area contributed by atoms with Crippen molar-refractivity contribution >= 4 is 22.8 Å². The van der Waals surface area contributed by atoms with Gasteiger partial charge in [-0.2, -0.15) is 0 Å². The van der Waals surface area contributed by atoms with Gasteiger partial charge in [0.25, 0.3) is 0 Å². The lowest BCUT2D eigenvalue weighted by atomic mass is 9.67. The van der Waals surface area contributed by atoms with Gasteiger partial charge in [-0.1, -0.05) is 24.3 Å². The zero-order chi connectivity index (χ0) is 26.3. The van der Waals surface area contributed by atoms with Gasteiger partial charge in [-0.25, -0.2) is 8.78 Å². The van der Waals surface area contributed by atoms with E-state index in [0.29, 0.717) is 12.1 Å². The SMILES string of the molecule is COc1ccc(C2C(=O)c3ccc(-c4cncs4)cc3NC23CCN(Cc2ccc(F)c(F)c2)CC3)cc1. The lowest BCUT2D eigenvalue weighted by molar-refractivity contribution is 0.0842. The molecule has 4 aromatic rings. The van der Waals surface area contributed by atoms with E-state index >= 15 is 0 Å². The van der Waals surface area contributed by atoms with Crippen molar-refractivity contribution in [2.24, 2.45) is 0 Å². The molecule has 1 N–H and O–H groups in total. The first-order valence-corrected chi connectivity index (χ1v) is 13.5. The molecule has 6 rings (SSSR count). The van der Waals surface area contributed by atoms with Crippen molar-refractivity contribution in [2.45, 2.75) is 30.8 Å². The van der Waals surface area contributed by atoms with Crippen LogP contribution in [0.15, 0.2) is 72.4 Å². The first kappa shape index (κ1) is 24.7. The summed E-state index contributed by atoms with van der Waals surface area (Å²) in [4.78, 5) is 21.6. The molecule has 0 radical (unpaired) electrons. The molecule has 38 heavy (non-hydrogen) atoms. The van der Waals surface area contributed by atoms with Crippen molar-refractivity contribution < 1.29 is 18.3 Å². The minimum atomic E-state index is -0.838. The van der Waals surface area contributed by atoms with Crippen LogP contribution in [0.4, 0.5) is 14.5 Å². The van der Waals surface area contributed by atoms with Gasteiger partial charge >= 0.3 is 0 Å². The summed E-state index contributed by atoms with van der Waals surface area (Å²) in [5.41, 5.74) is 5.58. The normalized spacial score (nSPS) is 18.7. The van der Waals surface area contributed by atoms with Crippen LogP contribution in [0.25, 0.3) is 10.4 Å². The van der Waals surface area contributed by atoms with E-state index in [-0.39, 0.29) is 11.7 Å². The number of carbonyl (C=O) groups is 1. The topological polar surface area (TPSA) is 54.5 Å². The molecule has 8 heteroatoms. The number of ketones is 1.